The first-order chi connectivity index (χ1) is 11.8. The van der Waals surface area contributed by atoms with Gasteiger partial charge in [-0.1, -0.05) is 18.2 Å². The number of hydrogen-bond acceptors (Lipinski definition) is 5. The van der Waals surface area contributed by atoms with Gasteiger partial charge in [-0.15, -0.1) is 0 Å². The Balaban J connectivity index is 1.59. The predicted molar refractivity (Wildman–Crippen MR) is 91.0 cm³/mol. The van der Waals surface area contributed by atoms with Gasteiger partial charge in [0.1, 0.15) is 5.82 Å². The SMILES string of the molecule is N#Cc1ccccc1C=CC(=O)N1CCN(c2cnccn2)CC1. The van der Waals surface area contributed by atoms with Crippen molar-refractivity contribution < 1.29 is 4.79 Å². The van der Waals surface area contributed by atoms with Crippen molar-refractivity contribution >= 4 is 17.8 Å². The lowest BCUT2D eigenvalue weighted by Crippen LogP contribution is -2.48. The van der Waals surface area contributed by atoms with Gasteiger partial charge in [-0.3, -0.25) is 9.78 Å². The molecule has 24 heavy (non-hydrogen) atoms. The molecule has 0 aliphatic carbocycles. The van der Waals surface area contributed by atoms with Crippen molar-refractivity contribution in [2.24, 2.45) is 0 Å². The molecular weight excluding hydrogens is 302 g/mol. The Kier molecular flexibility index (Phi) is 4.82. The van der Waals surface area contributed by atoms with E-state index >= 15 is 0 Å². The molecular formula is C18H17N5O. The van der Waals surface area contributed by atoms with Gasteiger partial charge in [0.2, 0.25) is 5.91 Å². The fraction of sp³-hybridized carbons (Fsp3) is 0.222. The van der Waals surface area contributed by atoms with Gasteiger partial charge in [0, 0.05) is 44.6 Å². The van der Waals surface area contributed by atoms with Crippen LogP contribution in [-0.2, 0) is 4.79 Å². The molecule has 0 unspecified atom stereocenters. The van der Waals surface area contributed by atoms with E-state index in [-0.39, 0.29) is 5.91 Å². The van der Waals surface area contributed by atoms with Gasteiger partial charge in [0.25, 0.3) is 0 Å². The fourth-order valence-electron chi connectivity index (χ4n) is 2.62. The molecule has 1 aromatic carbocycles. The van der Waals surface area contributed by atoms with Crippen LogP contribution in [0, 0.1) is 11.3 Å². The molecule has 1 aliphatic heterocycles. The molecule has 3 rings (SSSR count). The van der Waals surface area contributed by atoms with Crippen molar-refractivity contribution in [3.05, 3.63) is 60.1 Å². The molecule has 6 heteroatoms. The second-order valence-electron chi connectivity index (χ2n) is 5.41. The molecule has 1 aromatic heterocycles. The van der Waals surface area contributed by atoms with Crippen LogP contribution in [-0.4, -0.2) is 47.0 Å². The quantitative estimate of drug-likeness (QED) is 0.805. The van der Waals surface area contributed by atoms with E-state index in [2.05, 4.69) is 20.9 Å². The Labute approximate surface area is 140 Å². The summed E-state index contributed by atoms with van der Waals surface area (Å²) in [6.07, 6.45) is 8.29. The maximum Gasteiger partial charge on any atom is 0.246 e. The lowest BCUT2D eigenvalue weighted by atomic mass is 10.1. The standard InChI is InChI=1S/C18H17N5O/c19-13-16-4-2-1-3-15(16)5-6-18(24)23-11-9-22(10-12-23)17-14-20-7-8-21-17/h1-8,14H,9-12H2. The molecule has 0 saturated carbocycles. The van der Waals surface area contributed by atoms with Gasteiger partial charge in [0.05, 0.1) is 17.8 Å². The summed E-state index contributed by atoms with van der Waals surface area (Å²) in [7, 11) is 0. The van der Waals surface area contributed by atoms with E-state index in [4.69, 9.17) is 5.26 Å². The van der Waals surface area contributed by atoms with Crippen molar-refractivity contribution in [1.29, 1.82) is 5.26 Å². The van der Waals surface area contributed by atoms with Gasteiger partial charge >= 0.3 is 0 Å². The minimum Gasteiger partial charge on any atom is -0.352 e. The molecule has 2 heterocycles. The first kappa shape index (κ1) is 15.7. The van der Waals surface area contributed by atoms with Crippen LogP contribution < -0.4 is 4.90 Å². The Morgan fingerprint density at radius 1 is 1.17 bits per heavy atom. The highest BCUT2D eigenvalue weighted by Gasteiger charge is 2.20. The third kappa shape index (κ3) is 3.58. The molecule has 1 saturated heterocycles. The smallest absolute Gasteiger partial charge is 0.246 e. The van der Waals surface area contributed by atoms with E-state index < -0.39 is 0 Å². The number of hydrogen-bond donors (Lipinski definition) is 0. The van der Waals surface area contributed by atoms with Crippen LogP contribution in [0.5, 0.6) is 0 Å². The maximum atomic E-state index is 12.3. The van der Waals surface area contributed by atoms with E-state index in [9.17, 15) is 4.79 Å². The van der Waals surface area contributed by atoms with E-state index in [1.165, 1.54) is 6.08 Å². The molecule has 120 valence electrons. The lowest BCUT2D eigenvalue weighted by Gasteiger charge is -2.34. The molecule has 0 N–H and O–H groups in total. The van der Waals surface area contributed by atoms with Gasteiger partial charge in [0.15, 0.2) is 0 Å². The van der Waals surface area contributed by atoms with Crippen LogP contribution in [0.25, 0.3) is 6.08 Å². The number of carbonyl (C=O) groups excluding carboxylic acids is 1. The minimum atomic E-state index is -0.0402. The van der Waals surface area contributed by atoms with Crippen LogP contribution >= 0.6 is 0 Å². The highest BCUT2D eigenvalue weighted by molar-refractivity contribution is 5.92. The van der Waals surface area contributed by atoms with E-state index in [1.54, 1.807) is 35.6 Å². The summed E-state index contributed by atoms with van der Waals surface area (Å²) in [4.78, 5) is 24.6. The van der Waals surface area contributed by atoms with Gasteiger partial charge in [-0.05, 0) is 17.7 Å². The van der Waals surface area contributed by atoms with Crippen LogP contribution in [0.1, 0.15) is 11.1 Å². The van der Waals surface area contributed by atoms with Crippen LogP contribution in [0.2, 0.25) is 0 Å². The van der Waals surface area contributed by atoms with Crippen molar-refractivity contribution in [3.63, 3.8) is 0 Å². The number of piperazine rings is 1. The molecule has 6 nitrogen and oxygen atoms in total. The monoisotopic (exact) mass is 319 g/mol. The Hall–Kier alpha value is -3.20. The molecule has 1 fully saturated rings. The summed E-state index contributed by atoms with van der Waals surface area (Å²) in [5, 5.41) is 9.07. The highest BCUT2D eigenvalue weighted by atomic mass is 16.2. The third-order valence-corrected chi connectivity index (χ3v) is 3.95. The molecule has 0 bridgehead atoms. The largest absolute Gasteiger partial charge is 0.352 e. The summed E-state index contributed by atoms with van der Waals surface area (Å²) in [6.45, 7) is 2.74. The van der Waals surface area contributed by atoms with Gasteiger partial charge < -0.3 is 9.80 Å². The number of nitrogens with zero attached hydrogens (tertiary/aromatic N) is 5. The summed E-state index contributed by atoms with van der Waals surface area (Å²) in [6, 6.07) is 9.36. The minimum absolute atomic E-state index is 0.0402. The topological polar surface area (TPSA) is 73.1 Å². The zero-order valence-electron chi connectivity index (χ0n) is 13.2. The number of rotatable bonds is 3. The van der Waals surface area contributed by atoms with Crippen molar-refractivity contribution in [3.8, 4) is 6.07 Å². The van der Waals surface area contributed by atoms with Crippen molar-refractivity contribution in [1.82, 2.24) is 14.9 Å². The molecule has 0 atom stereocenters. The first-order valence-electron chi connectivity index (χ1n) is 7.75. The number of amides is 1. The zero-order valence-corrected chi connectivity index (χ0v) is 13.2. The van der Waals surface area contributed by atoms with Gasteiger partial charge in [-0.2, -0.15) is 5.26 Å². The molecule has 1 aliphatic rings. The Morgan fingerprint density at radius 3 is 2.67 bits per heavy atom. The maximum absolute atomic E-state index is 12.3. The molecule has 2 aromatic rings. The first-order valence-corrected chi connectivity index (χ1v) is 7.75. The number of benzene rings is 1. The van der Waals surface area contributed by atoms with E-state index in [1.807, 2.05) is 18.2 Å². The number of aromatic nitrogens is 2. The number of carbonyl (C=O) groups is 1. The second-order valence-corrected chi connectivity index (χ2v) is 5.41. The second kappa shape index (κ2) is 7.38. The number of anilines is 1. The number of nitriles is 1. The fourth-order valence-corrected chi connectivity index (χ4v) is 2.62. The molecule has 0 radical (unpaired) electrons. The Morgan fingerprint density at radius 2 is 1.96 bits per heavy atom. The van der Waals surface area contributed by atoms with Crippen molar-refractivity contribution in [2.75, 3.05) is 31.1 Å². The van der Waals surface area contributed by atoms with Crippen LogP contribution in [0.3, 0.4) is 0 Å². The summed E-state index contributed by atoms with van der Waals surface area (Å²) in [5.74, 6) is 0.796. The molecule has 1 amide bonds. The van der Waals surface area contributed by atoms with Gasteiger partial charge in [-0.25, -0.2) is 4.98 Å². The van der Waals surface area contributed by atoms with E-state index in [0.717, 1.165) is 24.5 Å². The normalized spacial score (nSPS) is 14.6. The lowest BCUT2D eigenvalue weighted by molar-refractivity contribution is -0.126. The van der Waals surface area contributed by atoms with Crippen molar-refractivity contribution in [2.45, 2.75) is 0 Å². The highest BCUT2D eigenvalue weighted by Crippen LogP contribution is 2.13. The average Bonchev–Trinajstić information content (AvgIpc) is 2.67. The zero-order chi connectivity index (χ0) is 16.8. The predicted octanol–water partition coefficient (Wildman–Crippen LogP) is 1.71. The summed E-state index contributed by atoms with van der Waals surface area (Å²) >= 11 is 0. The third-order valence-electron chi connectivity index (χ3n) is 3.95. The van der Waals surface area contributed by atoms with Crippen LogP contribution in [0.15, 0.2) is 48.9 Å². The summed E-state index contributed by atoms with van der Waals surface area (Å²) in [5.41, 5.74) is 1.32. The summed E-state index contributed by atoms with van der Waals surface area (Å²) < 4.78 is 0. The van der Waals surface area contributed by atoms with E-state index in [0.29, 0.717) is 18.7 Å². The Bertz CT molecular complexity index is 773. The van der Waals surface area contributed by atoms with Crippen LogP contribution in [0.4, 0.5) is 5.82 Å². The average molecular weight is 319 g/mol. The molecule has 0 spiro atoms.